The average molecular weight is 253 g/mol. The van der Waals surface area contributed by atoms with Crippen LogP contribution in [0.3, 0.4) is 0 Å². The number of hydrogen-bond donors (Lipinski definition) is 1. The summed E-state index contributed by atoms with van der Waals surface area (Å²) in [5, 5.41) is 2.76. The zero-order valence-electron chi connectivity index (χ0n) is 10.7. The molecule has 1 amide bonds. The van der Waals surface area contributed by atoms with Crippen LogP contribution in [0.1, 0.15) is 18.4 Å². The van der Waals surface area contributed by atoms with Gasteiger partial charge in [-0.05, 0) is 24.6 Å². The number of anilines is 1. The lowest BCUT2D eigenvalue weighted by Gasteiger charge is -2.14. The predicted octanol–water partition coefficient (Wildman–Crippen LogP) is 3.00. The topological polar surface area (TPSA) is 46.2 Å². The summed E-state index contributed by atoms with van der Waals surface area (Å²) in [4.78, 5) is 23.9. The van der Waals surface area contributed by atoms with Crippen LogP contribution < -0.4 is 5.32 Å². The van der Waals surface area contributed by atoms with Gasteiger partial charge in [0.15, 0.2) is 0 Å². The number of benzene rings is 2. The normalized spacial score (nSPS) is 11.6. The molecule has 1 unspecified atom stereocenters. The Balaban J connectivity index is 2.21. The molecule has 1 atom stereocenters. The van der Waals surface area contributed by atoms with Crippen molar-refractivity contribution in [2.24, 2.45) is 0 Å². The van der Waals surface area contributed by atoms with Gasteiger partial charge in [-0.2, -0.15) is 0 Å². The quantitative estimate of drug-likeness (QED) is 0.851. The van der Waals surface area contributed by atoms with E-state index in [0.717, 1.165) is 0 Å². The monoisotopic (exact) mass is 253 g/mol. The molecule has 0 saturated carbocycles. The first-order valence-corrected chi connectivity index (χ1v) is 6.10. The maximum Gasteiger partial charge on any atom is 0.239 e. The first-order chi connectivity index (χ1) is 9.18. The van der Waals surface area contributed by atoms with Gasteiger partial charge in [0.2, 0.25) is 5.91 Å². The maximum atomic E-state index is 12.2. The Labute approximate surface area is 112 Å². The van der Waals surface area contributed by atoms with Gasteiger partial charge in [-0.3, -0.25) is 9.59 Å². The summed E-state index contributed by atoms with van der Waals surface area (Å²) < 4.78 is 0. The fourth-order valence-electron chi connectivity index (χ4n) is 1.95. The molecule has 0 saturated heterocycles. The molecule has 0 aromatic heterocycles. The highest BCUT2D eigenvalue weighted by atomic mass is 16.2. The Morgan fingerprint density at radius 2 is 1.42 bits per heavy atom. The maximum absolute atomic E-state index is 12.2. The largest absolute Gasteiger partial charge is 0.325 e. The van der Waals surface area contributed by atoms with E-state index in [-0.39, 0.29) is 11.7 Å². The van der Waals surface area contributed by atoms with E-state index in [1.807, 2.05) is 36.4 Å². The minimum atomic E-state index is -0.763. The third-order valence-electron chi connectivity index (χ3n) is 2.84. The first kappa shape index (κ1) is 13.0. The second-order valence-corrected chi connectivity index (χ2v) is 4.31. The zero-order valence-corrected chi connectivity index (χ0v) is 10.7. The summed E-state index contributed by atoms with van der Waals surface area (Å²) in [6.07, 6.45) is 0. The van der Waals surface area contributed by atoms with Crippen LogP contribution in [0.15, 0.2) is 60.7 Å². The molecule has 2 rings (SSSR count). The van der Waals surface area contributed by atoms with Gasteiger partial charge in [0.05, 0.1) is 0 Å². The van der Waals surface area contributed by atoms with Crippen molar-refractivity contribution in [2.75, 3.05) is 5.32 Å². The number of Topliss-reactive ketones (excluding diaryl/α,β-unsaturated/α-hetero) is 1. The highest BCUT2D eigenvalue weighted by Gasteiger charge is 2.24. The van der Waals surface area contributed by atoms with Crippen LogP contribution >= 0.6 is 0 Å². The number of hydrogen-bond acceptors (Lipinski definition) is 2. The SMILES string of the molecule is CC(=O)C(C(=O)Nc1ccccc1)c1ccccc1. The molecule has 0 aliphatic carbocycles. The van der Waals surface area contributed by atoms with Crippen LogP contribution in [0.25, 0.3) is 0 Å². The van der Waals surface area contributed by atoms with E-state index < -0.39 is 5.92 Å². The molecular weight excluding hydrogens is 238 g/mol. The lowest BCUT2D eigenvalue weighted by Crippen LogP contribution is -2.26. The van der Waals surface area contributed by atoms with E-state index in [4.69, 9.17) is 0 Å². The van der Waals surface area contributed by atoms with Crippen molar-refractivity contribution >= 4 is 17.4 Å². The Morgan fingerprint density at radius 3 is 1.95 bits per heavy atom. The number of nitrogens with one attached hydrogen (secondary N) is 1. The Hall–Kier alpha value is -2.42. The highest BCUT2D eigenvalue weighted by molar-refractivity contribution is 6.11. The second kappa shape index (κ2) is 5.96. The number of ketones is 1. The number of amides is 1. The predicted molar refractivity (Wildman–Crippen MR) is 74.9 cm³/mol. The van der Waals surface area contributed by atoms with Gasteiger partial charge in [-0.1, -0.05) is 48.5 Å². The van der Waals surface area contributed by atoms with Gasteiger partial charge in [0.1, 0.15) is 11.7 Å². The smallest absolute Gasteiger partial charge is 0.239 e. The van der Waals surface area contributed by atoms with Crippen LogP contribution in [-0.4, -0.2) is 11.7 Å². The van der Waals surface area contributed by atoms with E-state index >= 15 is 0 Å². The van der Waals surface area contributed by atoms with Crippen molar-refractivity contribution in [2.45, 2.75) is 12.8 Å². The van der Waals surface area contributed by atoms with Crippen LogP contribution in [0.2, 0.25) is 0 Å². The zero-order chi connectivity index (χ0) is 13.7. The van der Waals surface area contributed by atoms with Crippen molar-refractivity contribution in [3.05, 3.63) is 66.2 Å². The summed E-state index contributed by atoms with van der Waals surface area (Å²) >= 11 is 0. The molecular formula is C16H15NO2. The van der Waals surface area contributed by atoms with E-state index in [2.05, 4.69) is 5.32 Å². The van der Waals surface area contributed by atoms with Gasteiger partial charge in [0.25, 0.3) is 0 Å². The summed E-state index contributed by atoms with van der Waals surface area (Å²) in [6, 6.07) is 18.2. The Morgan fingerprint density at radius 1 is 0.895 bits per heavy atom. The van der Waals surface area contributed by atoms with Gasteiger partial charge < -0.3 is 5.32 Å². The van der Waals surface area contributed by atoms with Crippen LogP contribution in [0.4, 0.5) is 5.69 Å². The first-order valence-electron chi connectivity index (χ1n) is 6.10. The van der Waals surface area contributed by atoms with Crippen LogP contribution in [0, 0.1) is 0 Å². The molecule has 3 heteroatoms. The molecule has 0 fully saturated rings. The molecule has 96 valence electrons. The third kappa shape index (κ3) is 3.28. The summed E-state index contributed by atoms with van der Waals surface area (Å²) in [5.41, 5.74) is 1.40. The summed E-state index contributed by atoms with van der Waals surface area (Å²) in [7, 11) is 0. The summed E-state index contributed by atoms with van der Waals surface area (Å²) in [5.74, 6) is -1.23. The van der Waals surface area contributed by atoms with E-state index in [1.165, 1.54) is 6.92 Å². The minimum absolute atomic E-state index is 0.167. The van der Waals surface area contributed by atoms with Gasteiger partial charge >= 0.3 is 0 Å². The average Bonchev–Trinajstić information content (AvgIpc) is 2.40. The molecule has 2 aromatic rings. The lowest BCUT2D eigenvalue weighted by molar-refractivity contribution is -0.126. The molecule has 0 heterocycles. The second-order valence-electron chi connectivity index (χ2n) is 4.31. The molecule has 1 N–H and O–H groups in total. The third-order valence-corrected chi connectivity index (χ3v) is 2.84. The number of rotatable bonds is 4. The van der Waals surface area contributed by atoms with Gasteiger partial charge in [-0.25, -0.2) is 0 Å². The van der Waals surface area contributed by atoms with Crippen molar-refractivity contribution in [1.82, 2.24) is 0 Å². The molecule has 0 spiro atoms. The van der Waals surface area contributed by atoms with Crippen LogP contribution in [0.5, 0.6) is 0 Å². The van der Waals surface area contributed by atoms with Crippen molar-refractivity contribution < 1.29 is 9.59 Å². The molecule has 19 heavy (non-hydrogen) atoms. The van der Waals surface area contributed by atoms with Crippen molar-refractivity contribution in [1.29, 1.82) is 0 Å². The van der Waals surface area contributed by atoms with E-state index in [9.17, 15) is 9.59 Å². The molecule has 0 bridgehead atoms. The molecule has 3 nitrogen and oxygen atoms in total. The summed E-state index contributed by atoms with van der Waals surface area (Å²) in [6.45, 7) is 1.43. The minimum Gasteiger partial charge on any atom is -0.325 e. The number of carbonyl (C=O) groups is 2. The van der Waals surface area contributed by atoms with Gasteiger partial charge in [0, 0.05) is 5.69 Å². The fraction of sp³-hybridized carbons (Fsp3) is 0.125. The lowest BCUT2D eigenvalue weighted by atomic mass is 9.94. The Kier molecular flexibility index (Phi) is 4.08. The standard InChI is InChI=1S/C16H15NO2/c1-12(18)15(13-8-4-2-5-9-13)16(19)17-14-10-6-3-7-11-14/h2-11,15H,1H3,(H,17,19). The Bertz CT molecular complexity index is 564. The number of carbonyl (C=O) groups excluding carboxylic acids is 2. The molecule has 0 aliphatic rings. The van der Waals surface area contributed by atoms with Crippen LogP contribution in [-0.2, 0) is 9.59 Å². The highest BCUT2D eigenvalue weighted by Crippen LogP contribution is 2.19. The van der Waals surface area contributed by atoms with Crippen molar-refractivity contribution in [3.63, 3.8) is 0 Å². The van der Waals surface area contributed by atoms with Crippen molar-refractivity contribution in [3.8, 4) is 0 Å². The van der Waals surface area contributed by atoms with E-state index in [1.54, 1.807) is 24.3 Å². The van der Waals surface area contributed by atoms with Gasteiger partial charge in [-0.15, -0.1) is 0 Å². The fourth-order valence-corrected chi connectivity index (χ4v) is 1.95. The number of para-hydroxylation sites is 1. The van der Waals surface area contributed by atoms with E-state index in [0.29, 0.717) is 11.3 Å². The molecule has 0 radical (unpaired) electrons. The molecule has 2 aromatic carbocycles. The molecule has 0 aliphatic heterocycles.